The third kappa shape index (κ3) is 2.63. The SMILES string of the molecule is Cc1cc(=O)oc(C)c1C(=O)NNC(=O)[C@]1(C)C[C@@H]1Br. The summed E-state index contributed by atoms with van der Waals surface area (Å²) in [5.74, 6) is -0.536. The highest BCUT2D eigenvalue weighted by molar-refractivity contribution is 9.09. The Morgan fingerprint density at radius 2 is 2.00 bits per heavy atom. The average Bonchev–Trinajstić information content (AvgIpc) is 2.94. The van der Waals surface area contributed by atoms with Crippen LogP contribution >= 0.6 is 15.9 Å². The van der Waals surface area contributed by atoms with Crippen molar-refractivity contribution < 1.29 is 14.0 Å². The highest BCUT2D eigenvalue weighted by atomic mass is 79.9. The lowest BCUT2D eigenvalue weighted by Crippen LogP contribution is -2.45. The second-order valence-corrected chi connectivity index (χ2v) is 6.28. The fourth-order valence-corrected chi connectivity index (χ4v) is 2.84. The number of nitrogens with one attached hydrogen (secondary N) is 2. The first-order valence-electron chi connectivity index (χ1n) is 6.12. The molecule has 1 fully saturated rings. The van der Waals surface area contributed by atoms with Crippen LogP contribution in [0.15, 0.2) is 15.3 Å². The monoisotopic (exact) mass is 342 g/mol. The Bertz CT molecular complexity index is 613. The van der Waals surface area contributed by atoms with Crippen molar-refractivity contribution in [1.29, 1.82) is 0 Å². The maximum atomic E-state index is 12.0. The van der Waals surface area contributed by atoms with Crippen molar-refractivity contribution in [2.45, 2.75) is 32.0 Å². The van der Waals surface area contributed by atoms with E-state index in [0.717, 1.165) is 6.42 Å². The first kappa shape index (κ1) is 14.8. The number of halogens is 1. The molecule has 1 aromatic heterocycles. The largest absolute Gasteiger partial charge is 0.427 e. The van der Waals surface area contributed by atoms with Crippen molar-refractivity contribution in [2.24, 2.45) is 5.41 Å². The quantitative estimate of drug-likeness (QED) is 0.624. The van der Waals surface area contributed by atoms with E-state index in [2.05, 4.69) is 26.8 Å². The molecule has 1 aliphatic rings. The summed E-state index contributed by atoms with van der Waals surface area (Å²) >= 11 is 3.37. The van der Waals surface area contributed by atoms with E-state index in [4.69, 9.17) is 4.42 Å². The fraction of sp³-hybridized carbons (Fsp3) is 0.462. The van der Waals surface area contributed by atoms with Crippen molar-refractivity contribution in [3.63, 3.8) is 0 Å². The molecule has 2 rings (SSSR count). The minimum atomic E-state index is -0.507. The number of rotatable bonds is 2. The Balaban J connectivity index is 2.06. The van der Waals surface area contributed by atoms with Crippen molar-refractivity contribution in [3.8, 4) is 0 Å². The first-order valence-corrected chi connectivity index (χ1v) is 7.03. The molecule has 2 amide bonds. The van der Waals surface area contributed by atoms with Crippen LogP contribution in [-0.2, 0) is 4.79 Å². The molecule has 0 spiro atoms. The van der Waals surface area contributed by atoms with E-state index in [-0.39, 0.29) is 22.1 Å². The molecule has 0 bridgehead atoms. The van der Waals surface area contributed by atoms with Gasteiger partial charge < -0.3 is 4.42 Å². The van der Waals surface area contributed by atoms with E-state index < -0.39 is 16.9 Å². The molecule has 0 aromatic carbocycles. The fourth-order valence-electron chi connectivity index (χ4n) is 1.96. The number of hydrogen-bond donors (Lipinski definition) is 2. The topological polar surface area (TPSA) is 88.4 Å². The van der Waals surface area contributed by atoms with Gasteiger partial charge in [0.1, 0.15) is 5.76 Å². The summed E-state index contributed by atoms with van der Waals surface area (Å²) in [6, 6.07) is 1.24. The number of amides is 2. The number of aryl methyl sites for hydroxylation is 2. The summed E-state index contributed by atoms with van der Waals surface area (Å²) < 4.78 is 4.88. The van der Waals surface area contributed by atoms with Gasteiger partial charge in [0.15, 0.2) is 0 Å². The summed E-state index contributed by atoms with van der Waals surface area (Å²) in [6.45, 7) is 4.98. The summed E-state index contributed by atoms with van der Waals surface area (Å²) in [5.41, 5.74) is 4.50. The minimum absolute atomic E-state index is 0.130. The van der Waals surface area contributed by atoms with Gasteiger partial charge in [0.2, 0.25) is 5.91 Å². The van der Waals surface area contributed by atoms with Crippen LogP contribution in [0, 0.1) is 19.3 Å². The van der Waals surface area contributed by atoms with Gasteiger partial charge in [0.25, 0.3) is 5.91 Å². The maximum Gasteiger partial charge on any atom is 0.336 e. The highest BCUT2D eigenvalue weighted by Gasteiger charge is 2.54. The van der Waals surface area contributed by atoms with Crippen LogP contribution in [0.4, 0.5) is 0 Å². The van der Waals surface area contributed by atoms with E-state index in [1.54, 1.807) is 6.92 Å². The zero-order valence-electron chi connectivity index (χ0n) is 11.4. The van der Waals surface area contributed by atoms with Crippen LogP contribution in [0.25, 0.3) is 0 Å². The van der Waals surface area contributed by atoms with Crippen molar-refractivity contribution in [2.75, 3.05) is 0 Å². The van der Waals surface area contributed by atoms with Crippen molar-refractivity contribution >= 4 is 27.7 Å². The third-order valence-corrected chi connectivity index (χ3v) is 4.84. The number of carbonyl (C=O) groups is 2. The summed E-state index contributed by atoms with van der Waals surface area (Å²) in [5, 5.41) is 0. The van der Waals surface area contributed by atoms with Gasteiger partial charge in [0.05, 0.1) is 11.0 Å². The molecule has 2 atom stereocenters. The van der Waals surface area contributed by atoms with Crippen LogP contribution < -0.4 is 16.5 Å². The molecule has 6 nitrogen and oxygen atoms in total. The molecule has 2 N–H and O–H groups in total. The molecule has 1 saturated carbocycles. The Labute approximate surface area is 124 Å². The normalized spacial score (nSPS) is 24.1. The minimum Gasteiger partial charge on any atom is -0.427 e. The molecule has 1 heterocycles. The van der Waals surface area contributed by atoms with E-state index in [0.29, 0.717) is 5.56 Å². The van der Waals surface area contributed by atoms with Gasteiger partial charge in [-0.1, -0.05) is 15.9 Å². The third-order valence-electron chi connectivity index (χ3n) is 3.50. The summed E-state index contributed by atoms with van der Waals surface area (Å²) in [4.78, 5) is 35.2. The Morgan fingerprint density at radius 3 is 2.50 bits per heavy atom. The number of carbonyl (C=O) groups excluding carboxylic acids is 2. The van der Waals surface area contributed by atoms with Gasteiger partial charge in [-0.25, -0.2) is 4.79 Å². The van der Waals surface area contributed by atoms with Crippen LogP contribution in [0.3, 0.4) is 0 Å². The number of hydrazine groups is 1. The van der Waals surface area contributed by atoms with Gasteiger partial charge in [-0.15, -0.1) is 0 Å². The zero-order chi connectivity index (χ0) is 15.1. The Kier molecular flexibility index (Phi) is 3.73. The molecule has 7 heteroatoms. The summed E-state index contributed by atoms with van der Waals surface area (Å²) in [6.07, 6.45) is 0.729. The molecule has 108 valence electrons. The standard InChI is InChI=1S/C13H15BrN2O4/c1-6-4-9(17)20-7(2)10(6)11(18)15-16-12(19)13(3)5-8(13)14/h4,8H,5H2,1-3H3,(H,15,18)(H,16,19)/t8-,13+/m0/s1. The predicted molar refractivity (Wildman–Crippen MR) is 75.5 cm³/mol. The summed E-state index contributed by atoms with van der Waals surface area (Å²) in [7, 11) is 0. The van der Waals surface area contributed by atoms with Crippen LogP contribution in [0.5, 0.6) is 0 Å². The zero-order valence-corrected chi connectivity index (χ0v) is 13.0. The lowest BCUT2D eigenvalue weighted by atomic mass is 10.1. The Hall–Kier alpha value is -1.63. The number of hydrogen-bond acceptors (Lipinski definition) is 4. The Morgan fingerprint density at radius 1 is 1.40 bits per heavy atom. The second-order valence-electron chi connectivity index (χ2n) is 5.18. The van der Waals surface area contributed by atoms with Gasteiger partial charge in [-0.3, -0.25) is 20.4 Å². The first-order chi connectivity index (χ1) is 9.25. The molecular weight excluding hydrogens is 328 g/mol. The van der Waals surface area contributed by atoms with Gasteiger partial charge in [-0.2, -0.15) is 0 Å². The molecule has 0 unspecified atom stereocenters. The van der Waals surface area contributed by atoms with Crippen LogP contribution in [0.2, 0.25) is 0 Å². The van der Waals surface area contributed by atoms with E-state index >= 15 is 0 Å². The van der Waals surface area contributed by atoms with Gasteiger partial charge in [0, 0.05) is 10.9 Å². The molecule has 0 aliphatic heterocycles. The van der Waals surface area contributed by atoms with E-state index in [1.165, 1.54) is 13.0 Å². The van der Waals surface area contributed by atoms with Gasteiger partial charge in [-0.05, 0) is 32.8 Å². The van der Waals surface area contributed by atoms with Crippen molar-refractivity contribution in [1.82, 2.24) is 10.9 Å². The molecule has 0 radical (unpaired) electrons. The molecular formula is C13H15BrN2O4. The highest BCUT2D eigenvalue weighted by Crippen LogP contribution is 2.51. The molecule has 1 aromatic rings. The lowest BCUT2D eigenvalue weighted by molar-refractivity contribution is -0.126. The van der Waals surface area contributed by atoms with Crippen LogP contribution in [-0.4, -0.2) is 16.6 Å². The number of alkyl halides is 1. The molecule has 0 saturated heterocycles. The average molecular weight is 343 g/mol. The van der Waals surface area contributed by atoms with Gasteiger partial charge >= 0.3 is 5.63 Å². The van der Waals surface area contributed by atoms with E-state index in [1.807, 2.05) is 6.92 Å². The van der Waals surface area contributed by atoms with Crippen molar-refractivity contribution in [3.05, 3.63) is 33.4 Å². The predicted octanol–water partition coefficient (Wildman–Crippen LogP) is 1.19. The molecule has 1 aliphatic carbocycles. The smallest absolute Gasteiger partial charge is 0.336 e. The molecule has 20 heavy (non-hydrogen) atoms. The lowest BCUT2D eigenvalue weighted by Gasteiger charge is -2.13. The maximum absolute atomic E-state index is 12.0. The second kappa shape index (κ2) is 5.05. The van der Waals surface area contributed by atoms with E-state index in [9.17, 15) is 14.4 Å². The van der Waals surface area contributed by atoms with Crippen LogP contribution in [0.1, 0.15) is 35.0 Å².